The van der Waals surface area contributed by atoms with Gasteiger partial charge in [-0.15, -0.1) is 0 Å². The van der Waals surface area contributed by atoms with Gasteiger partial charge in [-0.3, -0.25) is 0 Å². The topological polar surface area (TPSA) is 55.5 Å². The molecular formula is C12H18BrNO2. The lowest BCUT2D eigenvalue weighted by Crippen LogP contribution is -2.26. The molecule has 0 spiro atoms. The zero-order chi connectivity index (χ0) is 12.5. The Balaban J connectivity index is 3.32. The second-order valence-corrected chi connectivity index (χ2v) is 5.71. The molecule has 1 aromatic carbocycles. The van der Waals surface area contributed by atoms with Crippen molar-refractivity contribution in [2.75, 3.05) is 7.11 Å². The van der Waals surface area contributed by atoms with Gasteiger partial charge in [-0.2, -0.15) is 0 Å². The van der Waals surface area contributed by atoms with Gasteiger partial charge in [0.25, 0.3) is 0 Å². The van der Waals surface area contributed by atoms with E-state index in [-0.39, 0.29) is 17.2 Å². The van der Waals surface area contributed by atoms with Crippen molar-refractivity contribution in [2.24, 2.45) is 11.1 Å². The molecule has 16 heavy (non-hydrogen) atoms. The minimum absolute atomic E-state index is 0.110. The first-order valence-electron chi connectivity index (χ1n) is 5.10. The highest BCUT2D eigenvalue weighted by molar-refractivity contribution is 9.10. The fourth-order valence-corrected chi connectivity index (χ4v) is 2.02. The third-order valence-corrected chi connectivity index (χ3v) is 3.28. The van der Waals surface area contributed by atoms with Gasteiger partial charge in [-0.1, -0.05) is 36.7 Å². The van der Waals surface area contributed by atoms with E-state index in [0.29, 0.717) is 11.3 Å². The molecule has 0 fully saturated rings. The van der Waals surface area contributed by atoms with E-state index in [1.54, 1.807) is 6.07 Å². The van der Waals surface area contributed by atoms with Crippen LogP contribution in [0.1, 0.15) is 32.4 Å². The minimum Gasteiger partial charge on any atom is -0.504 e. The van der Waals surface area contributed by atoms with Crippen LogP contribution < -0.4 is 10.5 Å². The van der Waals surface area contributed by atoms with Gasteiger partial charge in [0.15, 0.2) is 11.5 Å². The Hall–Kier alpha value is -0.740. The number of phenolic OH excluding ortho intramolecular Hbond substituents is 1. The first-order valence-corrected chi connectivity index (χ1v) is 5.89. The molecule has 0 aliphatic rings. The van der Waals surface area contributed by atoms with E-state index in [4.69, 9.17) is 10.5 Å². The molecule has 4 heteroatoms. The van der Waals surface area contributed by atoms with E-state index in [0.717, 1.165) is 4.47 Å². The van der Waals surface area contributed by atoms with Gasteiger partial charge >= 0.3 is 0 Å². The predicted molar refractivity (Wildman–Crippen MR) is 68.7 cm³/mol. The number of hydrogen-bond donors (Lipinski definition) is 2. The highest BCUT2D eigenvalue weighted by atomic mass is 79.9. The maximum absolute atomic E-state index is 10.1. The van der Waals surface area contributed by atoms with Crippen LogP contribution in [-0.2, 0) is 0 Å². The minimum atomic E-state index is -0.267. The van der Waals surface area contributed by atoms with Gasteiger partial charge in [0, 0.05) is 16.1 Å². The zero-order valence-electron chi connectivity index (χ0n) is 10.0. The van der Waals surface area contributed by atoms with Gasteiger partial charge in [0.05, 0.1) is 7.11 Å². The summed E-state index contributed by atoms with van der Waals surface area (Å²) in [4.78, 5) is 0. The summed E-state index contributed by atoms with van der Waals surface area (Å²) < 4.78 is 5.88. The first-order chi connectivity index (χ1) is 7.29. The Kier molecular flexibility index (Phi) is 3.86. The van der Waals surface area contributed by atoms with E-state index < -0.39 is 0 Å². The third kappa shape index (κ3) is 2.50. The Morgan fingerprint density at radius 3 is 2.38 bits per heavy atom. The highest BCUT2D eigenvalue weighted by Gasteiger charge is 2.28. The van der Waals surface area contributed by atoms with Gasteiger partial charge in [0.1, 0.15) is 0 Å². The van der Waals surface area contributed by atoms with Crippen molar-refractivity contribution in [3.05, 3.63) is 22.2 Å². The average molecular weight is 288 g/mol. The van der Waals surface area contributed by atoms with E-state index >= 15 is 0 Å². The summed E-state index contributed by atoms with van der Waals surface area (Å²) in [5, 5.41) is 10.1. The summed E-state index contributed by atoms with van der Waals surface area (Å²) in [6, 6.07) is 3.27. The normalized spacial score (nSPS) is 13.6. The van der Waals surface area contributed by atoms with Crippen LogP contribution in [0.25, 0.3) is 0 Å². The average Bonchev–Trinajstić information content (AvgIpc) is 2.16. The second-order valence-electron chi connectivity index (χ2n) is 4.86. The van der Waals surface area contributed by atoms with E-state index in [1.165, 1.54) is 7.11 Å². The summed E-state index contributed by atoms with van der Waals surface area (Å²) >= 11 is 3.41. The van der Waals surface area contributed by atoms with Crippen LogP contribution in [-0.4, -0.2) is 12.2 Å². The lowest BCUT2D eigenvalue weighted by molar-refractivity contribution is 0.309. The molecule has 1 aromatic rings. The predicted octanol–water partition coefficient (Wildman–Crippen LogP) is 3.21. The molecule has 0 saturated heterocycles. The molecular weight excluding hydrogens is 270 g/mol. The van der Waals surface area contributed by atoms with Gasteiger partial charge < -0.3 is 15.6 Å². The van der Waals surface area contributed by atoms with Crippen molar-refractivity contribution in [3.63, 3.8) is 0 Å². The number of aromatic hydroxyl groups is 1. The van der Waals surface area contributed by atoms with Crippen molar-refractivity contribution in [1.29, 1.82) is 0 Å². The molecule has 1 rings (SSSR count). The number of ether oxygens (including phenoxy) is 1. The van der Waals surface area contributed by atoms with Crippen molar-refractivity contribution in [3.8, 4) is 11.5 Å². The molecule has 0 bridgehead atoms. The maximum atomic E-state index is 10.1. The molecule has 0 aliphatic heterocycles. The van der Waals surface area contributed by atoms with Crippen LogP contribution in [0.2, 0.25) is 0 Å². The Morgan fingerprint density at radius 1 is 1.38 bits per heavy atom. The second kappa shape index (κ2) is 4.63. The van der Waals surface area contributed by atoms with Crippen LogP contribution in [0, 0.1) is 5.41 Å². The fraction of sp³-hybridized carbons (Fsp3) is 0.500. The Labute approximate surface area is 105 Å². The van der Waals surface area contributed by atoms with E-state index in [9.17, 15) is 5.11 Å². The van der Waals surface area contributed by atoms with E-state index in [2.05, 4.69) is 15.9 Å². The molecule has 0 aromatic heterocycles. The van der Waals surface area contributed by atoms with Crippen LogP contribution in [0.3, 0.4) is 0 Å². The number of rotatable bonds is 2. The van der Waals surface area contributed by atoms with E-state index in [1.807, 2.05) is 26.8 Å². The molecule has 0 aliphatic carbocycles. The van der Waals surface area contributed by atoms with Gasteiger partial charge in [-0.05, 0) is 17.5 Å². The fourth-order valence-electron chi connectivity index (χ4n) is 1.46. The summed E-state index contributed by atoms with van der Waals surface area (Å²) in [7, 11) is 1.52. The quantitative estimate of drug-likeness (QED) is 0.878. The first kappa shape index (κ1) is 13.3. The van der Waals surface area contributed by atoms with Gasteiger partial charge in [-0.25, -0.2) is 0 Å². The molecule has 3 N–H and O–H groups in total. The molecule has 0 heterocycles. The zero-order valence-corrected chi connectivity index (χ0v) is 11.6. The number of nitrogens with two attached hydrogens (primary N) is 1. The highest BCUT2D eigenvalue weighted by Crippen LogP contribution is 2.43. The van der Waals surface area contributed by atoms with Crippen LogP contribution in [0.5, 0.6) is 11.5 Å². The number of phenols is 1. The standard InChI is InChI=1S/C12H18BrNO2/c1-12(2,3)11(14)9-7(13)5-6-8(16-4)10(9)15/h5-6,11,15H,14H2,1-4H3/t11-/m1/s1. The molecule has 0 unspecified atom stereocenters. The number of benzene rings is 1. The monoisotopic (exact) mass is 287 g/mol. The Bertz CT molecular complexity index is 385. The number of methoxy groups -OCH3 is 1. The SMILES string of the molecule is COc1ccc(Br)c([C@@H](N)C(C)(C)C)c1O. The maximum Gasteiger partial charge on any atom is 0.163 e. The molecule has 3 nitrogen and oxygen atoms in total. The van der Waals surface area contributed by atoms with Crippen LogP contribution in [0.15, 0.2) is 16.6 Å². The molecule has 0 amide bonds. The Morgan fingerprint density at radius 2 is 1.94 bits per heavy atom. The van der Waals surface area contributed by atoms with Gasteiger partial charge in [0.2, 0.25) is 0 Å². The smallest absolute Gasteiger partial charge is 0.163 e. The lowest BCUT2D eigenvalue weighted by Gasteiger charge is -2.29. The van der Waals surface area contributed by atoms with Crippen molar-refractivity contribution >= 4 is 15.9 Å². The number of hydrogen-bond acceptors (Lipinski definition) is 3. The molecule has 0 radical (unpaired) electrons. The van der Waals surface area contributed by atoms with Crippen molar-refractivity contribution in [2.45, 2.75) is 26.8 Å². The third-order valence-electron chi connectivity index (χ3n) is 2.59. The van der Waals surface area contributed by atoms with Crippen molar-refractivity contribution < 1.29 is 9.84 Å². The lowest BCUT2D eigenvalue weighted by atomic mass is 9.82. The summed E-state index contributed by atoms with van der Waals surface area (Å²) in [5.74, 6) is 0.553. The summed E-state index contributed by atoms with van der Waals surface area (Å²) in [5.41, 5.74) is 6.71. The largest absolute Gasteiger partial charge is 0.504 e. The summed E-state index contributed by atoms with van der Waals surface area (Å²) in [6.45, 7) is 6.09. The van der Waals surface area contributed by atoms with Crippen LogP contribution in [0.4, 0.5) is 0 Å². The van der Waals surface area contributed by atoms with Crippen molar-refractivity contribution in [1.82, 2.24) is 0 Å². The molecule has 0 saturated carbocycles. The van der Waals surface area contributed by atoms with Crippen LogP contribution >= 0.6 is 15.9 Å². The molecule has 90 valence electrons. The molecule has 1 atom stereocenters. The summed E-state index contributed by atoms with van der Waals surface area (Å²) in [6.07, 6.45) is 0. The number of halogens is 1.